The highest BCUT2D eigenvalue weighted by Crippen LogP contribution is 2.16. The van der Waals surface area contributed by atoms with Crippen LogP contribution in [0.25, 0.3) is 22.1 Å². The number of fused-ring (bicyclic) bond motifs is 2. The van der Waals surface area contributed by atoms with E-state index < -0.39 is 11.9 Å². The molecule has 2 aromatic carbocycles. The normalized spacial score (nSPS) is 10.5. The van der Waals surface area contributed by atoms with Gasteiger partial charge in [-0.15, -0.1) is 0 Å². The fourth-order valence-electron chi connectivity index (χ4n) is 3.29. The molecule has 0 N–H and O–H groups in total. The lowest BCUT2D eigenvalue weighted by molar-refractivity contribution is 0.0509. The van der Waals surface area contributed by atoms with Crippen LogP contribution in [0, 0.1) is 27.7 Å². The molecule has 8 heteroatoms. The van der Waals surface area contributed by atoms with Gasteiger partial charge in [0.2, 0.25) is 0 Å². The van der Waals surface area contributed by atoms with E-state index in [2.05, 4.69) is 19.9 Å². The number of nitrogens with zero attached hydrogens (tertiary/aromatic N) is 4. The minimum Gasteiger partial charge on any atom is -0.461 e. The Morgan fingerprint density at radius 3 is 1.47 bits per heavy atom. The van der Waals surface area contributed by atoms with Gasteiger partial charge in [-0.3, -0.25) is 0 Å². The molecule has 2 aromatic heterocycles. The highest BCUT2D eigenvalue weighted by molar-refractivity contribution is 5.91. The Kier molecular flexibility index (Phi) is 7.83. The monoisotopic (exact) mass is 460 g/mol. The fourth-order valence-corrected chi connectivity index (χ4v) is 3.29. The first-order chi connectivity index (χ1) is 16.2. The van der Waals surface area contributed by atoms with Crippen LogP contribution in [0.5, 0.6) is 0 Å². The van der Waals surface area contributed by atoms with E-state index in [1.807, 2.05) is 50.2 Å². The summed E-state index contributed by atoms with van der Waals surface area (Å²) in [5.74, 6) is -0.833. The number of benzene rings is 2. The molecular weight excluding hydrogens is 432 g/mol. The summed E-state index contributed by atoms with van der Waals surface area (Å²) in [4.78, 5) is 40.7. The number of rotatable bonds is 4. The summed E-state index contributed by atoms with van der Waals surface area (Å²) in [6.07, 6.45) is 0. The second kappa shape index (κ2) is 10.8. The van der Waals surface area contributed by atoms with Crippen molar-refractivity contribution in [1.82, 2.24) is 19.9 Å². The largest absolute Gasteiger partial charge is 0.461 e. The minimum atomic E-state index is -0.417. The molecular formula is C26H28N4O4. The van der Waals surface area contributed by atoms with Crippen molar-refractivity contribution in [2.24, 2.45) is 0 Å². The molecule has 8 nitrogen and oxygen atoms in total. The van der Waals surface area contributed by atoms with Crippen molar-refractivity contribution < 1.29 is 19.1 Å². The van der Waals surface area contributed by atoms with Gasteiger partial charge in [0.1, 0.15) is 0 Å². The first-order valence-electron chi connectivity index (χ1n) is 11.1. The van der Waals surface area contributed by atoms with Gasteiger partial charge in [0, 0.05) is 0 Å². The molecule has 0 amide bonds. The van der Waals surface area contributed by atoms with Crippen molar-refractivity contribution in [3.05, 3.63) is 70.3 Å². The Balaban J connectivity index is 0.000000191. The average molecular weight is 461 g/mol. The van der Waals surface area contributed by atoms with Crippen molar-refractivity contribution in [1.29, 1.82) is 0 Å². The number of carbonyl (C=O) groups is 2. The fraction of sp³-hybridized carbons (Fsp3) is 0.308. The standard InChI is InChI=1S/2C13H14N2O2/c1-4-17-13(16)12-9(3)14-11-7-8(2)5-6-10(11)15-12;1-4-17-13(16)12-9(3)14-10-6-5-8(2)7-11(10)15-12/h2*5-7H,4H2,1-3H3. The maximum Gasteiger partial charge on any atom is 0.358 e. The van der Waals surface area contributed by atoms with Crippen LogP contribution in [0.1, 0.15) is 57.3 Å². The summed E-state index contributed by atoms with van der Waals surface area (Å²) in [5.41, 5.74) is 7.02. The number of aryl methyl sites for hydroxylation is 4. The van der Waals surface area contributed by atoms with E-state index in [0.717, 1.165) is 27.7 Å². The lowest BCUT2D eigenvalue weighted by Gasteiger charge is -2.06. The van der Waals surface area contributed by atoms with Gasteiger partial charge in [-0.05, 0) is 76.9 Å². The maximum absolute atomic E-state index is 11.7. The lowest BCUT2D eigenvalue weighted by atomic mass is 10.2. The van der Waals surface area contributed by atoms with E-state index in [0.29, 0.717) is 41.5 Å². The van der Waals surface area contributed by atoms with Crippen LogP contribution in [0.3, 0.4) is 0 Å². The molecule has 0 aliphatic rings. The number of ether oxygens (including phenoxy) is 2. The van der Waals surface area contributed by atoms with Crippen LogP contribution >= 0.6 is 0 Å². The average Bonchev–Trinajstić information content (AvgIpc) is 2.79. The SMILES string of the molecule is CCOC(=O)c1nc2cc(C)ccc2nc1C.CCOC(=O)c1nc2ccc(C)cc2nc1C. The molecule has 4 rings (SSSR count). The third-order valence-corrected chi connectivity index (χ3v) is 4.93. The van der Waals surface area contributed by atoms with E-state index in [1.54, 1.807) is 27.7 Å². The molecule has 0 aliphatic carbocycles. The minimum absolute atomic E-state index is 0.295. The van der Waals surface area contributed by atoms with Gasteiger partial charge in [0.15, 0.2) is 11.4 Å². The first kappa shape index (κ1) is 24.7. The second-order valence-corrected chi connectivity index (χ2v) is 7.74. The number of esters is 2. The number of hydrogen-bond acceptors (Lipinski definition) is 8. The van der Waals surface area contributed by atoms with Crippen LogP contribution < -0.4 is 0 Å². The maximum atomic E-state index is 11.7. The summed E-state index contributed by atoms with van der Waals surface area (Å²) in [7, 11) is 0. The molecule has 0 atom stereocenters. The molecule has 34 heavy (non-hydrogen) atoms. The van der Waals surface area contributed by atoms with E-state index in [-0.39, 0.29) is 0 Å². The smallest absolute Gasteiger partial charge is 0.358 e. The molecule has 2 heterocycles. The number of hydrogen-bond donors (Lipinski definition) is 0. The number of carbonyl (C=O) groups excluding carboxylic acids is 2. The molecule has 0 saturated carbocycles. The zero-order chi connectivity index (χ0) is 24.8. The molecule has 4 aromatic rings. The first-order valence-corrected chi connectivity index (χ1v) is 11.1. The van der Waals surface area contributed by atoms with Crippen molar-refractivity contribution in [2.45, 2.75) is 41.5 Å². The van der Waals surface area contributed by atoms with Gasteiger partial charge >= 0.3 is 11.9 Å². The topological polar surface area (TPSA) is 104 Å². The molecule has 0 spiro atoms. The second-order valence-electron chi connectivity index (χ2n) is 7.74. The van der Waals surface area contributed by atoms with Gasteiger partial charge in [0.05, 0.1) is 46.7 Å². The lowest BCUT2D eigenvalue weighted by Crippen LogP contribution is -2.10. The van der Waals surface area contributed by atoms with Crippen molar-refractivity contribution >= 4 is 34.0 Å². The molecule has 0 aliphatic heterocycles. The van der Waals surface area contributed by atoms with E-state index in [9.17, 15) is 9.59 Å². The summed E-state index contributed by atoms with van der Waals surface area (Å²) >= 11 is 0. The van der Waals surface area contributed by atoms with Gasteiger partial charge in [-0.2, -0.15) is 0 Å². The van der Waals surface area contributed by atoms with Crippen LogP contribution in [-0.4, -0.2) is 45.1 Å². The Labute approximate surface area is 198 Å². The highest BCUT2D eigenvalue weighted by Gasteiger charge is 2.15. The third-order valence-electron chi connectivity index (χ3n) is 4.93. The third kappa shape index (κ3) is 5.70. The Morgan fingerprint density at radius 1 is 0.618 bits per heavy atom. The van der Waals surface area contributed by atoms with Gasteiger partial charge < -0.3 is 9.47 Å². The van der Waals surface area contributed by atoms with E-state index >= 15 is 0 Å². The van der Waals surface area contributed by atoms with Crippen LogP contribution in [0.15, 0.2) is 36.4 Å². The summed E-state index contributed by atoms with van der Waals surface area (Å²) in [6.45, 7) is 11.7. The molecule has 0 saturated heterocycles. The summed E-state index contributed by atoms with van der Waals surface area (Å²) < 4.78 is 9.89. The van der Waals surface area contributed by atoms with Gasteiger partial charge in [-0.25, -0.2) is 29.5 Å². The van der Waals surface area contributed by atoms with Crippen LogP contribution in [0.4, 0.5) is 0 Å². The Morgan fingerprint density at radius 2 is 1.00 bits per heavy atom. The van der Waals surface area contributed by atoms with Gasteiger partial charge in [0.25, 0.3) is 0 Å². The van der Waals surface area contributed by atoms with Crippen molar-refractivity contribution in [2.75, 3.05) is 13.2 Å². The van der Waals surface area contributed by atoms with Crippen LogP contribution in [-0.2, 0) is 9.47 Å². The predicted molar refractivity (Wildman–Crippen MR) is 130 cm³/mol. The van der Waals surface area contributed by atoms with E-state index in [1.165, 1.54) is 0 Å². The van der Waals surface area contributed by atoms with Crippen molar-refractivity contribution in [3.63, 3.8) is 0 Å². The summed E-state index contributed by atoms with van der Waals surface area (Å²) in [6, 6.07) is 11.5. The quantitative estimate of drug-likeness (QED) is 0.398. The summed E-state index contributed by atoms with van der Waals surface area (Å²) in [5, 5.41) is 0. The molecule has 0 bridgehead atoms. The number of aromatic nitrogens is 4. The Bertz CT molecular complexity index is 1370. The zero-order valence-corrected chi connectivity index (χ0v) is 20.3. The molecule has 176 valence electrons. The predicted octanol–water partition coefficient (Wildman–Crippen LogP) is 4.85. The van der Waals surface area contributed by atoms with E-state index in [4.69, 9.17) is 9.47 Å². The molecule has 0 radical (unpaired) electrons. The molecule has 0 fully saturated rings. The van der Waals surface area contributed by atoms with Gasteiger partial charge in [-0.1, -0.05) is 12.1 Å². The Hall–Kier alpha value is -3.94. The van der Waals surface area contributed by atoms with Crippen molar-refractivity contribution in [3.8, 4) is 0 Å². The molecule has 0 unspecified atom stereocenters. The highest BCUT2D eigenvalue weighted by atomic mass is 16.5. The van der Waals surface area contributed by atoms with Crippen LogP contribution in [0.2, 0.25) is 0 Å². The zero-order valence-electron chi connectivity index (χ0n) is 20.3.